The fourth-order valence-electron chi connectivity index (χ4n) is 0.378. The highest BCUT2D eigenvalue weighted by atomic mass is 32.2. The quantitative estimate of drug-likeness (QED) is 0.446. The van der Waals surface area contributed by atoms with Gasteiger partial charge in [-0.25, -0.2) is 13.2 Å². The second-order valence-corrected chi connectivity index (χ2v) is 4.21. The Hall–Kier alpha value is -1.09. The van der Waals surface area contributed by atoms with Crippen LogP contribution in [-0.4, -0.2) is 26.6 Å². The van der Waals surface area contributed by atoms with Crippen molar-refractivity contribution in [2.24, 2.45) is 0 Å². The summed E-state index contributed by atoms with van der Waals surface area (Å²) < 4.78 is 61.0. The molecule has 0 aromatic carbocycles. The number of hydrogen-bond donors (Lipinski definition) is 1. The number of carbonyl (C=O) groups is 1. The normalized spacial score (nSPS) is 12.3. The van der Waals surface area contributed by atoms with Crippen LogP contribution in [0.2, 0.25) is 0 Å². The van der Waals surface area contributed by atoms with Gasteiger partial charge in [-0.15, -0.1) is 0 Å². The van der Waals surface area contributed by atoms with Gasteiger partial charge in [0.15, 0.2) is 6.73 Å². The SMILES string of the molecule is C=C(C)C(=O)OCNS(=O)(=O)C(F)(F)F. The fraction of sp³-hybridized carbons (Fsp3) is 0.500. The first-order valence-corrected chi connectivity index (χ1v) is 4.95. The minimum absolute atomic E-state index is 0.0544. The summed E-state index contributed by atoms with van der Waals surface area (Å²) in [4.78, 5) is 10.6. The first-order chi connectivity index (χ1) is 6.58. The van der Waals surface area contributed by atoms with E-state index in [1.165, 1.54) is 6.92 Å². The molecule has 0 bridgehead atoms. The molecule has 0 rings (SSSR count). The fourth-order valence-corrected chi connectivity index (χ4v) is 0.755. The molecule has 0 heterocycles. The van der Waals surface area contributed by atoms with Gasteiger partial charge in [0.05, 0.1) is 0 Å². The van der Waals surface area contributed by atoms with E-state index in [2.05, 4.69) is 11.3 Å². The highest BCUT2D eigenvalue weighted by molar-refractivity contribution is 7.90. The molecule has 0 aliphatic rings. The van der Waals surface area contributed by atoms with Gasteiger partial charge in [0, 0.05) is 5.57 Å². The number of halogens is 3. The molecule has 5 nitrogen and oxygen atoms in total. The molecule has 0 amide bonds. The topological polar surface area (TPSA) is 72.5 Å². The molecule has 0 aliphatic carbocycles. The Labute approximate surface area is 84.0 Å². The first-order valence-electron chi connectivity index (χ1n) is 3.46. The van der Waals surface area contributed by atoms with E-state index < -0.39 is 28.2 Å². The number of hydrogen-bond acceptors (Lipinski definition) is 4. The molecule has 1 N–H and O–H groups in total. The van der Waals surface area contributed by atoms with Crippen LogP contribution in [0.25, 0.3) is 0 Å². The Bertz CT molecular complexity index is 359. The molecular weight excluding hydrogens is 239 g/mol. The Morgan fingerprint density at radius 3 is 2.27 bits per heavy atom. The van der Waals surface area contributed by atoms with E-state index in [0.29, 0.717) is 0 Å². The van der Waals surface area contributed by atoms with Gasteiger partial charge < -0.3 is 4.74 Å². The van der Waals surface area contributed by atoms with Crippen LogP contribution in [0, 0.1) is 0 Å². The van der Waals surface area contributed by atoms with Crippen LogP contribution in [0.4, 0.5) is 13.2 Å². The van der Waals surface area contributed by atoms with Gasteiger partial charge >= 0.3 is 21.5 Å². The zero-order valence-corrected chi connectivity index (χ0v) is 8.41. The van der Waals surface area contributed by atoms with Gasteiger partial charge in [-0.2, -0.15) is 17.9 Å². The average molecular weight is 247 g/mol. The standard InChI is InChI=1S/C6H8F3NO4S/c1-4(2)5(11)14-3-10-15(12,13)6(7,8)9/h10H,1,3H2,2H3. The van der Waals surface area contributed by atoms with Crippen molar-refractivity contribution in [3.63, 3.8) is 0 Å². The van der Waals surface area contributed by atoms with E-state index in [9.17, 15) is 26.4 Å². The maximum absolute atomic E-state index is 11.7. The zero-order valence-electron chi connectivity index (χ0n) is 7.59. The summed E-state index contributed by atoms with van der Waals surface area (Å²) in [6, 6.07) is 0. The summed E-state index contributed by atoms with van der Waals surface area (Å²) in [6.07, 6.45) is 0. The van der Waals surface area contributed by atoms with Gasteiger partial charge in [0.25, 0.3) is 0 Å². The monoisotopic (exact) mass is 247 g/mol. The number of ether oxygens (including phenoxy) is 1. The third-order valence-corrected chi connectivity index (χ3v) is 2.21. The van der Waals surface area contributed by atoms with Crippen molar-refractivity contribution in [3.8, 4) is 0 Å². The molecule has 88 valence electrons. The third kappa shape index (κ3) is 4.30. The van der Waals surface area contributed by atoms with Crippen LogP contribution >= 0.6 is 0 Å². The molecule has 0 unspecified atom stereocenters. The molecule has 0 aliphatic heterocycles. The predicted molar refractivity (Wildman–Crippen MR) is 43.9 cm³/mol. The van der Waals surface area contributed by atoms with Gasteiger partial charge in [-0.3, -0.25) is 0 Å². The van der Waals surface area contributed by atoms with E-state index in [0.717, 1.165) is 4.72 Å². The van der Waals surface area contributed by atoms with Gasteiger partial charge in [0.2, 0.25) is 0 Å². The van der Waals surface area contributed by atoms with Crippen LogP contribution in [-0.2, 0) is 19.6 Å². The maximum Gasteiger partial charge on any atom is 0.511 e. The minimum atomic E-state index is -5.48. The Morgan fingerprint density at radius 1 is 1.47 bits per heavy atom. The number of sulfonamides is 1. The average Bonchev–Trinajstić information content (AvgIpc) is 2.01. The molecule has 0 aromatic heterocycles. The summed E-state index contributed by atoms with van der Waals surface area (Å²) in [6.45, 7) is 3.32. The maximum atomic E-state index is 11.7. The lowest BCUT2D eigenvalue weighted by atomic mass is 10.4. The number of esters is 1. The van der Waals surface area contributed by atoms with Crippen LogP contribution < -0.4 is 4.72 Å². The molecule has 0 saturated heterocycles. The van der Waals surface area contributed by atoms with Crippen LogP contribution in [0.1, 0.15) is 6.92 Å². The molecule has 0 spiro atoms. The summed E-state index contributed by atoms with van der Waals surface area (Å²) >= 11 is 0. The molecule has 0 aromatic rings. The number of rotatable bonds is 4. The largest absolute Gasteiger partial charge is 0.511 e. The predicted octanol–water partition coefficient (Wildman–Crippen LogP) is 0.502. The van der Waals surface area contributed by atoms with Crippen molar-refractivity contribution in [1.29, 1.82) is 0 Å². The Morgan fingerprint density at radius 2 is 1.93 bits per heavy atom. The molecule has 0 radical (unpaired) electrons. The zero-order chi connectivity index (χ0) is 12.3. The van der Waals surface area contributed by atoms with Gasteiger partial charge in [-0.05, 0) is 6.92 Å². The summed E-state index contributed by atoms with van der Waals surface area (Å²) in [7, 11) is -5.48. The van der Waals surface area contributed by atoms with Crippen molar-refractivity contribution < 1.29 is 31.1 Å². The molecular formula is C6H8F3NO4S. The smallest absolute Gasteiger partial charge is 0.445 e. The summed E-state index contributed by atoms with van der Waals surface area (Å²) in [5, 5.41) is 0. The second-order valence-electron chi connectivity index (χ2n) is 2.45. The van der Waals surface area contributed by atoms with Crippen molar-refractivity contribution in [2.75, 3.05) is 6.73 Å². The van der Waals surface area contributed by atoms with Crippen molar-refractivity contribution in [2.45, 2.75) is 12.4 Å². The number of carbonyl (C=O) groups excluding carboxylic acids is 1. The molecule has 15 heavy (non-hydrogen) atoms. The van der Waals surface area contributed by atoms with E-state index in [4.69, 9.17) is 0 Å². The van der Waals surface area contributed by atoms with Crippen LogP contribution in [0.3, 0.4) is 0 Å². The lowest BCUT2D eigenvalue weighted by molar-refractivity contribution is -0.139. The lowest BCUT2D eigenvalue weighted by Gasteiger charge is -2.09. The van der Waals surface area contributed by atoms with Crippen LogP contribution in [0.5, 0.6) is 0 Å². The molecule has 0 saturated carbocycles. The second kappa shape index (κ2) is 4.62. The highest BCUT2D eigenvalue weighted by Crippen LogP contribution is 2.21. The molecule has 0 atom stereocenters. The third-order valence-electron chi connectivity index (χ3n) is 1.11. The van der Waals surface area contributed by atoms with Crippen molar-refractivity contribution in [1.82, 2.24) is 4.72 Å². The Balaban J connectivity index is 4.20. The molecule has 0 fully saturated rings. The lowest BCUT2D eigenvalue weighted by Crippen LogP contribution is -2.38. The highest BCUT2D eigenvalue weighted by Gasteiger charge is 2.45. The molecule has 9 heteroatoms. The number of nitrogens with one attached hydrogen (secondary N) is 1. The summed E-state index contributed by atoms with van der Waals surface area (Å²) in [5.41, 5.74) is -5.48. The Kier molecular flexibility index (Phi) is 4.28. The summed E-state index contributed by atoms with van der Waals surface area (Å²) in [5.74, 6) is -0.986. The van der Waals surface area contributed by atoms with Gasteiger partial charge in [-0.1, -0.05) is 6.58 Å². The van der Waals surface area contributed by atoms with E-state index in [1.54, 1.807) is 0 Å². The number of alkyl halides is 3. The minimum Gasteiger partial charge on any atom is -0.445 e. The van der Waals surface area contributed by atoms with E-state index >= 15 is 0 Å². The van der Waals surface area contributed by atoms with Crippen molar-refractivity contribution >= 4 is 16.0 Å². The van der Waals surface area contributed by atoms with Crippen molar-refractivity contribution in [3.05, 3.63) is 12.2 Å². The first kappa shape index (κ1) is 13.9. The van der Waals surface area contributed by atoms with E-state index in [-0.39, 0.29) is 5.57 Å². The van der Waals surface area contributed by atoms with E-state index in [1.807, 2.05) is 0 Å². The van der Waals surface area contributed by atoms with Crippen LogP contribution in [0.15, 0.2) is 12.2 Å². The van der Waals surface area contributed by atoms with Gasteiger partial charge in [0.1, 0.15) is 0 Å².